The monoisotopic (exact) mass is 321 g/mol. The van der Waals surface area contributed by atoms with Crippen molar-refractivity contribution in [3.63, 3.8) is 0 Å². The smallest absolute Gasteiger partial charge is 0.0719 e. The minimum Gasteiger partial charge on any atom is -0.248 e. The molecule has 0 saturated heterocycles. The highest BCUT2D eigenvalue weighted by Gasteiger charge is 2.16. The van der Waals surface area contributed by atoms with Gasteiger partial charge in [0.05, 0.1) is 11.0 Å². The Morgan fingerprint density at radius 3 is 1.56 bits per heavy atom. The minimum absolute atomic E-state index is 0.421. The van der Waals surface area contributed by atoms with Gasteiger partial charge in [0.1, 0.15) is 0 Å². The molecule has 5 rings (SSSR count). The summed E-state index contributed by atoms with van der Waals surface area (Å²) >= 11 is 0. The van der Waals surface area contributed by atoms with Crippen LogP contribution in [-0.4, -0.2) is 4.98 Å². The van der Waals surface area contributed by atoms with Gasteiger partial charge in [-0.2, -0.15) is 0 Å². The Labute approximate surface area is 146 Å². The van der Waals surface area contributed by atoms with Gasteiger partial charge in [0.2, 0.25) is 0 Å². The van der Waals surface area contributed by atoms with Crippen LogP contribution in [0.2, 0.25) is 0 Å². The Balaban J connectivity index is 2.14. The van der Waals surface area contributed by atoms with Crippen LogP contribution in [0.3, 0.4) is 0 Å². The summed E-state index contributed by atoms with van der Waals surface area (Å²) in [6.07, 6.45) is 0. The zero-order chi connectivity index (χ0) is 17.0. The summed E-state index contributed by atoms with van der Waals surface area (Å²) in [7, 11) is 0. The summed E-state index contributed by atoms with van der Waals surface area (Å²) in [5.41, 5.74) is 3.59. The van der Waals surface area contributed by atoms with Gasteiger partial charge in [0.25, 0.3) is 0 Å². The fourth-order valence-electron chi connectivity index (χ4n) is 4.10. The van der Waals surface area contributed by atoms with Crippen molar-refractivity contribution in [2.24, 2.45) is 0 Å². The van der Waals surface area contributed by atoms with Crippen LogP contribution in [0.5, 0.6) is 0 Å². The Morgan fingerprint density at radius 2 is 1.08 bits per heavy atom. The van der Waals surface area contributed by atoms with Crippen molar-refractivity contribution in [3.05, 3.63) is 78.4 Å². The molecule has 0 saturated carbocycles. The van der Waals surface area contributed by atoms with E-state index in [4.69, 9.17) is 4.98 Å². The second-order valence-electron chi connectivity index (χ2n) is 7.04. The van der Waals surface area contributed by atoms with Crippen molar-refractivity contribution in [2.75, 3.05) is 0 Å². The highest BCUT2D eigenvalue weighted by molar-refractivity contribution is 6.18. The highest BCUT2D eigenvalue weighted by Crippen LogP contribution is 2.39. The minimum atomic E-state index is 0.421. The molecule has 1 heteroatoms. The molecule has 0 N–H and O–H groups in total. The van der Waals surface area contributed by atoms with E-state index in [-0.39, 0.29) is 0 Å². The predicted molar refractivity (Wildman–Crippen MR) is 108 cm³/mol. The Bertz CT molecular complexity index is 1170. The van der Waals surface area contributed by atoms with E-state index in [1.807, 2.05) is 0 Å². The van der Waals surface area contributed by atoms with Crippen molar-refractivity contribution >= 4 is 43.4 Å². The van der Waals surface area contributed by atoms with Crippen LogP contribution in [0, 0.1) is 0 Å². The maximum Gasteiger partial charge on any atom is 0.0719 e. The number of fused-ring (bicyclic) bond motifs is 6. The Hall–Kier alpha value is -2.93. The zero-order valence-corrected chi connectivity index (χ0v) is 14.5. The number of hydrogen-bond donors (Lipinski definition) is 0. The quantitative estimate of drug-likeness (QED) is 0.244. The van der Waals surface area contributed by atoms with E-state index >= 15 is 0 Å². The van der Waals surface area contributed by atoms with Crippen molar-refractivity contribution in [1.29, 1.82) is 0 Å². The first-order valence-electron chi connectivity index (χ1n) is 8.87. The summed E-state index contributed by atoms with van der Waals surface area (Å²) in [5, 5.41) is 7.75. The first-order chi connectivity index (χ1) is 12.2. The van der Waals surface area contributed by atoms with Crippen LogP contribution in [0.1, 0.15) is 25.3 Å². The first kappa shape index (κ1) is 14.4. The van der Waals surface area contributed by atoms with Crippen LogP contribution in [-0.2, 0) is 0 Å². The predicted octanol–water partition coefficient (Wildman–Crippen LogP) is 6.82. The average molecular weight is 321 g/mol. The van der Waals surface area contributed by atoms with Crippen LogP contribution in [0.4, 0.5) is 0 Å². The second-order valence-corrected chi connectivity index (χ2v) is 7.04. The van der Waals surface area contributed by atoms with E-state index in [1.54, 1.807) is 0 Å². The number of rotatable bonds is 1. The van der Waals surface area contributed by atoms with Crippen LogP contribution in [0.25, 0.3) is 43.4 Å². The third-order valence-electron chi connectivity index (χ3n) is 5.17. The first-order valence-corrected chi connectivity index (χ1v) is 8.87. The molecular formula is C24H19N. The van der Waals surface area contributed by atoms with E-state index in [0.29, 0.717) is 5.92 Å². The number of aromatic nitrogens is 1. The largest absolute Gasteiger partial charge is 0.248 e. The molecule has 0 radical (unpaired) electrons. The van der Waals surface area contributed by atoms with Crippen LogP contribution >= 0.6 is 0 Å². The normalized spacial score (nSPS) is 12.0. The number of pyridine rings is 1. The molecule has 0 bridgehead atoms. The molecule has 5 aromatic rings. The zero-order valence-electron chi connectivity index (χ0n) is 14.5. The van der Waals surface area contributed by atoms with Crippen molar-refractivity contribution in [1.82, 2.24) is 4.98 Å². The molecule has 0 aliphatic carbocycles. The number of nitrogens with zero attached hydrogens (tertiary/aromatic N) is 1. The summed E-state index contributed by atoms with van der Waals surface area (Å²) in [4.78, 5) is 5.02. The van der Waals surface area contributed by atoms with Gasteiger partial charge in [0, 0.05) is 10.8 Å². The molecule has 25 heavy (non-hydrogen) atoms. The van der Waals surface area contributed by atoms with E-state index in [9.17, 15) is 0 Å². The molecule has 1 heterocycles. The standard InChI is InChI=1S/C24H19N/c1-15(2)22-23-18-9-5-3-7-16(18)11-13-20(23)25-21-14-12-17-8-4-6-10-19(17)24(21)22/h3-15H,1-2H3. The molecule has 0 spiro atoms. The lowest BCUT2D eigenvalue weighted by Crippen LogP contribution is -1.97. The molecule has 0 amide bonds. The topological polar surface area (TPSA) is 12.9 Å². The maximum atomic E-state index is 5.02. The van der Waals surface area contributed by atoms with Gasteiger partial charge >= 0.3 is 0 Å². The second kappa shape index (κ2) is 5.29. The van der Waals surface area contributed by atoms with E-state index < -0.39 is 0 Å². The number of hydrogen-bond acceptors (Lipinski definition) is 1. The lowest BCUT2D eigenvalue weighted by Gasteiger charge is -2.17. The fourth-order valence-corrected chi connectivity index (χ4v) is 4.10. The lowest BCUT2D eigenvalue weighted by molar-refractivity contribution is 0.886. The van der Waals surface area contributed by atoms with Gasteiger partial charge in [-0.15, -0.1) is 0 Å². The lowest BCUT2D eigenvalue weighted by atomic mass is 9.89. The molecule has 120 valence electrons. The molecule has 0 aliphatic heterocycles. The maximum absolute atomic E-state index is 5.02. The number of benzene rings is 4. The van der Waals surface area contributed by atoms with Crippen molar-refractivity contribution in [2.45, 2.75) is 19.8 Å². The third kappa shape index (κ3) is 2.05. The summed E-state index contributed by atoms with van der Waals surface area (Å²) in [6.45, 7) is 4.58. The van der Waals surface area contributed by atoms with Crippen LogP contribution in [0.15, 0.2) is 72.8 Å². The molecule has 0 aliphatic rings. The summed E-state index contributed by atoms with van der Waals surface area (Å²) in [6, 6.07) is 26.0. The van der Waals surface area contributed by atoms with E-state index in [1.165, 1.54) is 37.9 Å². The van der Waals surface area contributed by atoms with E-state index in [0.717, 1.165) is 11.0 Å². The van der Waals surface area contributed by atoms with Gasteiger partial charge in [-0.25, -0.2) is 4.98 Å². The van der Waals surface area contributed by atoms with Gasteiger partial charge in [0.15, 0.2) is 0 Å². The van der Waals surface area contributed by atoms with Crippen LogP contribution < -0.4 is 0 Å². The van der Waals surface area contributed by atoms with Crippen molar-refractivity contribution in [3.8, 4) is 0 Å². The van der Waals surface area contributed by atoms with Gasteiger partial charge in [-0.05, 0) is 45.2 Å². The molecule has 0 atom stereocenters. The Morgan fingerprint density at radius 1 is 0.600 bits per heavy atom. The van der Waals surface area contributed by atoms with Gasteiger partial charge in [-0.3, -0.25) is 0 Å². The Kier molecular flexibility index (Phi) is 3.05. The van der Waals surface area contributed by atoms with Gasteiger partial charge in [-0.1, -0.05) is 74.5 Å². The van der Waals surface area contributed by atoms with Gasteiger partial charge < -0.3 is 0 Å². The van der Waals surface area contributed by atoms with E-state index in [2.05, 4.69) is 86.6 Å². The molecule has 1 aromatic heterocycles. The molecule has 1 nitrogen and oxygen atoms in total. The van der Waals surface area contributed by atoms with Crippen molar-refractivity contribution < 1.29 is 0 Å². The SMILES string of the molecule is CC(C)c1c2c(ccc3ccccc32)nc2ccc3ccccc3c12. The molecule has 4 aromatic carbocycles. The third-order valence-corrected chi connectivity index (χ3v) is 5.17. The molecular weight excluding hydrogens is 302 g/mol. The fraction of sp³-hybridized carbons (Fsp3) is 0.125. The highest BCUT2D eigenvalue weighted by atomic mass is 14.7. The molecule has 0 unspecified atom stereocenters. The molecule has 0 fully saturated rings. The summed E-state index contributed by atoms with van der Waals surface area (Å²) < 4.78 is 0. The summed E-state index contributed by atoms with van der Waals surface area (Å²) in [5.74, 6) is 0.421. The average Bonchev–Trinajstić information content (AvgIpc) is 2.65.